The number of likely N-dealkylation sites (tertiary alicyclic amines) is 1. The number of nitrogens with one attached hydrogen (secondary N) is 1. The van der Waals surface area contributed by atoms with E-state index in [1.807, 2.05) is 13.8 Å². The van der Waals surface area contributed by atoms with Crippen LogP contribution in [0.15, 0.2) is 18.2 Å². The molecular formula is C19H23ClN3O4+. The minimum atomic E-state index is -1.29. The Kier molecular flexibility index (Phi) is 4.10. The van der Waals surface area contributed by atoms with Gasteiger partial charge in [0.15, 0.2) is 0 Å². The maximum atomic E-state index is 13.4. The van der Waals surface area contributed by atoms with Gasteiger partial charge in [0.05, 0.1) is 10.7 Å². The Morgan fingerprint density at radius 3 is 2.63 bits per heavy atom. The van der Waals surface area contributed by atoms with Crippen molar-refractivity contribution in [2.24, 2.45) is 11.8 Å². The highest BCUT2D eigenvalue weighted by atomic mass is 35.5. The Balaban J connectivity index is 1.92. The lowest BCUT2D eigenvalue weighted by atomic mass is 9.76. The van der Waals surface area contributed by atoms with Crippen molar-refractivity contribution in [1.29, 1.82) is 0 Å². The van der Waals surface area contributed by atoms with Crippen LogP contribution in [-0.4, -0.2) is 45.9 Å². The van der Waals surface area contributed by atoms with E-state index < -0.39 is 29.5 Å². The number of amides is 3. The third kappa shape index (κ3) is 2.19. The summed E-state index contributed by atoms with van der Waals surface area (Å²) in [7, 11) is 0. The number of para-hydroxylation sites is 1. The SMILES string of the molecule is CC[C@H](C)N1C(=O)[C@@H]2[C@@H]([C@@H](C)O)[NH2+][C@@]3(C(=O)Nc4c(Cl)cccc43)[C@@H]2C1=O. The molecule has 27 heavy (non-hydrogen) atoms. The summed E-state index contributed by atoms with van der Waals surface area (Å²) < 4.78 is 0. The first kappa shape index (κ1) is 18.4. The highest BCUT2D eigenvalue weighted by Gasteiger charge is 2.75. The van der Waals surface area contributed by atoms with Gasteiger partial charge in [0, 0.05) is 11.6 Å². The topological polar surface area (TPSA) is 103 Å². The van der Waals surface area contributed by atoms with Crippen LogP contribution >= 0.6 is 11.6 Å². The molecule has 7 nitrogen and oxygen atoms in total. The predicted molar refractivity (Wildman–Crippen MR) is 97.7 cm³/mol. The van der Waals surface area contributed by atoms with Gasteiger partial charge in [-0.15, -0.1) is 0 Å². The number of hydrogen-bond acceptors (Lipinski definition) is 4. The molecule has 1 spiro atoms. The molecule has 144 valence electrons. The number of carbonyl (C=O) groups excluding carboxylic acids is 3. The van der Waals surface area contributed by atoms with E-state index in [9.17, 15) is 19.5 Å². The number of nitrogens with two attached hydrogens (primary N) is 1. The van der Waals surface area contributed by atoms with Gasteiger partial charge in [0.25, 0.3) is 5.91 Å². The van der Waals surface area contributed by atoms with E-state index in [1.165, 1.54) is 4.90 Å². The number of anilines is 1. The van der Waals surface area contributed by atoms with E-state index in [2.05, 4.69) is 5.32 Å². The molecule has 0 aromatic heterocycles. The molecule has 3 heterocycles. The molecular weight excluding hydrogens is 370 g/mol. The van der Waals surface area contributed by atoms with E-state index in [4.69, 9.17) is 11.6 Å². The molecule has 4 N–H and O–H groups in total. The Morgan fingerprint density at radius 1 is 1.30 bits per heavy atom. The first-order chi connectivity index (χ1) is 12.8. The Labute approximate surface area is 162 Å². The fraction of sp³-hybridized carbons (Fsp3) is 0.526. The first-order valence-corrected chi connectivity index (χ1v) is 9.65. The van der Waals surface area contributed by atoms with Crippen molar-refractivity contribution >= 4 is 35.0 Å². The van der Waals surface area contributed by atoms with Crippen LogP contribution < -0.4 is 10.6 Å². The quantitative estimate of drug-likeness (QED) is 0.640. The van der Waals surface area contributed by atoms with Crippen LogP contribution in [0.5, 0.6) is 0 Å². The summed E-state index contributed by atoms with van der Waals surface area (Å²) in [5.41, 5.74) is -0.209. The maximum Gasteiger partial charge on any atom is 0.291 e. The second-order valence-electron chi connectivity index (χ2n) is 7.78. The van der Waals surface area contributed by atoms with Crippen molar-refractivity contribution in [3.05, 3.63) is 28.8 Å². The second kappa shape index (κ2) is 6.02. The number of fused-ring (bicyclic) bond motifs is 4. The van der Waals surface area contributed by atoms with Crippen molar-refractivity contribution in [2.45, 2.75) is 50.9 Å². The zero-order valence-electron chi connectivity index (χ0n) is 15.4. The molecule has 3 amide bonds. The monoisotopic (exact) mass is 392 g/mol. The number of aliphatic hydroxyl groups is 1. The third-order valence-corrected chi connectivity index (χ3v) is 6.72. The smallest absolute Gasteiger partial charge is 0.291 e. The average molecular weight is 393 g/mol. The lowest BCUT2D eigenvalue weighted by Crippen LogP contribution is -3.00. The molecule has 0 unspecified atom stereocenters. The van der Waals surface area contributed by atoms with E-state index in [0.717, 1.165) is 0 Å². The molecule has 0 aliphatic carbocycles. The average Bonchev–Trinajstić information content (AvgIpc) is 3.21. The molecule has 0 radical (unpaired) electrons. The second-order valence-corrected chi connectivity index (χ2v) is 8.18. The van der Waals surface area contributed by atoms with Crippen molar-refractivity contribution in [1.82, 2.24) is 4.90 Å². The normalized spacial score (nSPS) is 34.0. The molecule has 3 aliphatic heterocycles. The Morgan fingerprint density at radius 2 is 2.00 bits per heavy atom. The molecule has 8 heteroatoms. The van der Waals surface area contributed by atoms with Gasteiger partial charge in [-0.2, -0.15) is 0 Å². The number of hydrogen-bond donors (Lipinski definition) is 3. The highest BCUT2D eigenvalue weighted by molar-refractivity contribution is 6.35. The number of quaternary nitrogens is 1. The van der Waals surface area contributed by atoms with Gasteiger partial charge >= 0.3 is 0 Å². The standard InChI is InChI=1S/C19H22ClN3O4/c1-4-8(2)23-16(25)12-13(17(23)26)19(22-14(12)9(3)24)10-6-5-7-11(20)15(10)21-18(19)27/h5-9,12-14,22,24H,4H2,1-3H3,(H,21,27)/p+1/t8-,9+,12-,13-,14+,19+/m0/s1. The summed E-state index contributed by atoms with van der Waals surface area (Å²) in [4.78, 5) is 41.0. The molecule has 4 rings (SSSR count). The van der Waals surface area contributed by atoms with Gasteiger partial charge in [-0.25, -0.2) is 0 Å². The van der Waals surface area contributed by atoms with Crippen molar-refractivity contribution in [3.63, 3.8) is 0 Å². The van der Waals surface area contributed by atoms with Crippen LogP contribution in [0.3, 0.4) is 0 Å². The summed E-state index contributed by atoms with van der Waals surface area (Å²) in [5, 5.41) is 15.2. The number of carbonyl (C=O) groups is 3. The number of halogens is 1. The number of rotatable bonds is 3. The minimum Gasteiger partial charge on any atom is -0.387 e. The third-order valence-electron chi connectivity index (χ3n) is 6.41. The van der Waals surface area contributed by atoms with Crippen LogP contribution in [-0.2, 0) is 19.9 Å². The number of imide groups is 1. The summed E-state index contributed by atoms with van der Waals surface area (Å²) in [6, 6.07) is 4.32. The maximum absolute atomic E-state index is 13.4. The zero-order valence-corrected chi connectivity index (χ0v) is 16.2. The summed E-state index contributed by atoms with van der Waals surface area (Å²) in [6.07, 6.45) is -0.233. The van der Waals surface area contributed by atoms with Crippen molar-refractivity contribution in [2.75, 3.05) is 5.32 Å². The number of benzene rings is 1. The lowest BCUT2D eigenvalue weighted by Gasteiger charge is -2.29. The van der Waals surface area contributed by atoms with Crippen LogP contribution in [0.2, 0.25) is 5.02 Å². The van der Waals surface area contributed by atoms with Crippen LogP contribution in [0.1, 0.15) is 32.8 Å². The van der Waals surface area contributed by atoms with E-state index in [-0.39, 0.29) is 23.8 Å². The summed E-state index contributed by atoms with van der Waals surface area (Å²) in [5.74, 6) is -2.63. The van der Waals surface area contributed by atoms with E-state index in [1.54, 1.807) is 30.4 Å². The number of nitrogens with zero attached hydrogens (tertiary/aromatic N) is 1. The lowest BCUT2D eigenvalue weighted by molar-refractivity contribution is -0.738. The van der Waals surface area contributed by atoms with Gasteiger partial charge in [-0.3, -0.25) is 19.3 Å². The molecule has 1 aromatic carbocycles. The van der Waals surface area contributed by atoms with Gasteiger partial charge in [-0.05, 0) is 32.4 Å². The van der Waals surface area contributed by atoms with E-state index >= 15 is 0 Å². The van der Waals surface area contributed by atoms with Crippen molar-refractivity contribution < 1.29 is 24.8 Å². The molecule has 1 aromatic rings. The molecule has 3 aliphatic rings. The Hall–Kier alpha value is -1.96. The van der Waals surface area contributed by atoms with Gasteiger partial charge in [0.1, 0.15) is 24.0 Å². The zero-order chi connectivity index (χ0) is 19.7. The first-order valence-electron chi connectivity index (χ1n) is 9.27. The number of aliphatic hydroxyl groups excluding tert-OH is 1. The molecule has 2 saturated heterocycles. The summed E-state index contributed by atoms with van der Waals surface area (Å²) >= 11 is 6.26. The van der Waals surface area contributed by atoms with Crippen LogP contribution in [0.4, 0.5) is 5.69 Å². The van der Waals surface area contributed by atoms with E-state index in [0.29, 0.717) is 22.7 Å². The minimum absolute atomic E-state index is 0.259. The van der Waals surface area contributed by atoms with Gasteiger partial charge in [0.2, 0.25) is 17.4 Å². The fourth-order valence-electron chi connectivity index (χ4n) is 4.96. The summed E-state index contributed by atoms with van der Waals surface area (Å²) in [6.45, 7) is 5.32. The highest BCUT2D eigenvalue weighted by Crippen LogP contribution is 2.51. The molecule has 0 bridgehead atoms. The van der Waals surface area contributed by atoms with Crippen LogP contribution in [0, 0.1) is 11.8 Å². The van der Waals surface area contributed by atoms with Gasteiger partial charge in [-0.1, -0.05) is 24.6 Å². The largest absolute Gasteiger partial charge is 0.387 e. The van der Waals surface area contributed by atoms with Gasteiger partial charge < -0.3 is 15.7 Å². The fourth-order valence-corrected chi connectivity index (χ4v) is 5.18. The molecule has 6 atom stereocenters. The predicted octanol–water partition coefficient (Wildman–Crippen LogP) is 0.214. The molecule has 0 saturated carbocycles. The Bertz CT molecular complexity index is 857. The van der Waals surface area contributed by atoms with Crippen LogP contribution in [0.25, 0.3) is 0 Å². The molecule has 2 fully saturated rings. The van der Waals surface area contributed by atoms with Crippen molar-refractivity contribution in [3.8, 4) is 0 Å².